The maximum atomic E-state index is 12.3. The predicted octanol–water partition coefficient (Wildman–Crippen LogP) is 8.15. The first-order valence-electron chi connectivity index (χ1n) is 16.1. The van der Waals surface area contributed by atoms with Crippen LogP contribution >= 0.6 is 7.82 Å². The zero-order valence-electron chi connectivity index (χ0n) is 27.0. The van der Waals surface area contributed by atoms with Crippen molar-refractivity contribution in [1.82, 2.24) is 0 Å². The molecule has 0 rings (SSSR count). The third-order valence-electron chi connectivity index (χ3n) is 6.52. The van der Waals surface area contributed by atoms with E-state index in [0.29, 0.717) is 24.1 Å². The maximum Gasteiger partial charge on any atom is 0.472 e. The largest absolute Gasteiger partial charge is 0.472 e. The summed E-state index contributed by atoms with van der Waals surface area (Å²) in [4.78, 5) is 22.3. The van der Waals surface area contributed by atoms with Gasteiger partial charge in [-0.15, -0.1) is 0 Å². The third kappa shape index (κ3) is 30.2. The molecule has 2 unspecified atom stereocenters. The summed E-state index contributed by atoms with van der Waals surface area (Å²) in [5, 5.41) is 0. The second-order valence-electron chi connectivity index (χ2n) is 11.8. The summed E-state index contributed by atoms with van der Waals surface area (Å²) in [6, 6.07) is 0. The lowest BCUT2D eigenvalue weighted by Crippen LogP contribution is -2.37. The molecule has 0 spiro atoms. The van der Waals surface area contributed by atoms with Crippen molar-refractivity contribution in [3.8, 4) is 0 Å². The molecule has 0 radical (unpaired) electrons. The number of likely N-dealkylation sites (N-methyl/N-ethyl adjacent to an activating group) is 1. The molecule has 2 atom stereocenters. The molecule has 0 saturated carbocycles. The molecule has 9 heteroatoms. The van der Waals surface area contributed by atoms with Gasteiger partial charge in [0, 0.05) is 13.0 Å². The lowest BCUT2D eigenvalue weighted by molar-refractivity contribution is -0.870. The normalized spacial score (nSPS) is 14.6. The van der Waals surface area contributed by atoms with Crippen molar-refractivity contribution in [3.63, 3.8) is 0 Å². The molecular formula is C32H63NO7P+. The van der Waals surface area contributed by atoms with Crippen molar-refractivity contribution in [2.75, 3.05) is 54.1 Å². The van der Waals surface area contributed by atoms with Gasteiger partial charge < -0.3 is 18.9 Å². The Morgan fingerprint density at radius 2 is 1.37 bits per heavy atom. The summed E-state index contributed by atoms with van der Waals surface area (Å²) in [7, 11) is 1.65. The van der Waals surface area contributed by atoms with Gasteiger partial charge in [0.15, 0.2) is 0 Å². The zero-order valence-corrected chi connectivity index (χ0v) is 27.9. The van der Waals surface area contributed by atoms with Crippen molar-refractivity contribution in [1.29, 1.82) is 0 Å². The van der Waals surface area contributed by atoms with E-state index in [1.165, 1.54) is 44.9 Å². The van der Waals surface area contributed by atoms with Gasteiger partial charge in [-0.25, -0.2) is 4.57 Å². The molecule has 0 heterocycles. The Morgan fingerprint density at radius 3 is 2.02 bits per heavy atom. The number of nitrogens with zero attached hydrogens (tertiary/aromatic N) is 1. The molecule has 0 fully saturated rings. The van der Waals surface area contributed by atoms with Crippen molar-refractivity contribution in [2.24, 2.45) is 0 Å². The minimum Gasteiger partial charge on any atom is -0.457 e. The first-order chi connectivity index (χ1) is 19.6. The average Bonchev–Trinajstić information content (AvgIpc) is 2.90. The van der Waals surface area contributed by atoms with Gasteiger partial charge in [-0.3, -0.25) is 13.8 Å². The number of allylic oxidation sites excluding steroid dienone is 4. The zero-order chi connectivity index (χ0) is 30.7. The first kappa shape index (κ1) is 40.0. The van der Waals surface area contributed by atoms with Crippen molar-refractivity contribution in [2.45, 2.75) is 123 Å². The Hall–Kier alpha value is -1.02. The SMILES string of the molecule is CCCC/C=C\C/C=C\CCCCCCCCOCC(COP(=O)(O)OCC[N+](C)(C)C)OC(=O)CCCCCC. The summed E-state index contributed by atoms with van der Waals surface area (Å²) in [5.41, 5.74) is 0. The smallest absolute Gasteiger partial charge is 0.457 e. The van der Waals surface area contributed by atoms with Crippen LogP contribution in [0.3, 0.4) is 0 Å². The molecule has 0 aliphatic rings. The average molecular weight is 605 g/mol. The van der Waals surface area contributed by atoms with E-state index in [4.69, 9.17) is 18.5 Å². The van der Waals surface area contributed by atoms with E-state index in [2.05, 4.69) is 38.2 Å². The minimum absolute atomic E-state index is 0.0865. The number of esters is 1. The van der Waals surface area contributed by atoms with E-state index in [1.54, 1.807) is 0 Å². The summed E-state index contributed by atoms with van der Waals surface area (Å²) in [6.45, 7) is 5.41. The lowest BCUT2D eigenvalue weighted by Gasteiger charge is -2.24. The van der Waals surface area contributed by atoms with Crippen molar-refractivity contribution in [3.05, 3.63) is 24.3 Å². The number of rotatable bonds is 29. The van der Waals surface area contributed by atoms with Crippen LogP contribution in [0.5, 0.6) is 0 Å². The van der Waals surface area contributed by atoms with E-state index in [1.807, 2.05) is 21.1 Å². The van der Waals surface area contributed by atoms with Crippen LogP contribution in [0.25, 0.3) is 0 Å². The molecule has 1 N–H and O–H groups in total. The molecule has 0 aliphatic carbocycles. The highest BCUT2D eigenvalue weighted by molar-refractivity contribution is 7.47. The molecule has 41 heavy (non-hydrogen) atoms. The van der Waals surface area contributed by atoms with Gasteiger partial charge in [-0.1, -0.05) is 95.9 Å². The van der Waals surface area contributed by atoms with Gasteiger partial charge in [0.2, 0.25) is 0 Å². The highest BCUT2D eigenvalue weighted by Crippen LogP contribution is 2.43. The molecule has 0 saturated heterocycles. The fourth-order valence-electron chi connectivity index (χ4n) is 3.92. The van der Waals surface area contributed by atoms with Gasteiger partial charge in [0.25, 0.3) is 0 Å². The Bertz CT molecular complexity index is 721. The molecule has 0 aliphatic heterocycles. The molecule has 0 aromatic rings. The van der Waals surface area contributed by atoms with Crippen molar-refractivity contribution < 1.29 is 37.3 Å². The number of phosphoric acid groups is 1. The Kier molecular flexibility index (Phi) is 25.9. The van der Waals surface area contributed by atoms with E-state index < -0.39 is 13.9 Å². The van der Waals surface area contributed by atoms with Crippen LogP contribution in [0, 0.1) is 0 Å². The summed E-state index contributed by atoms with van der Waals surface area (Å²) in [5.74, 6) is -0.338. The number of hydrogen-bond donors (Lipinski definition) is 1. The van der Waals surface area contributed by atoms with Gasteiger partial charge in [0.1, 0.15) is 19.3 Å². The van der Waals surface area contributed by atoms with Crippen LogP contribution in [0.15, 0.2) is 24.3 Å². The fourth-order valence-corrected chi connectivity index (χ4v) is 4.66. The third-order valence-corrected chi connectivity index (χ3v) is 7.50. The van der Waals surface area contributed by atoms with Crippen LogP contribution in [0.4, 0.5) is 0 Å². The van der Waals surface area contributed by atoms with Crippen LogP contribution in [-0.2, 0) is 27.9 Å². The lowest BCUT2D eigenvalue weighted by atomic mass is 10.1. The van der Waals surface area contributed by atoms with E-state index in [9.17, 15) is 14.3 Å². The number of hydrogen-bond acceptors (Lipinski definition) is 6. The minimum atomic E-state index is -4.25. The number of quaternary nitrogens is 1. The number of carbonyl (C=O) groups is 1. The highest BCUT2D eigenvalue weighted by Gasteiger charge is 2.26. The van der Waals surface area contributed by atoms with Gasteiger partial charge in [-0.2, -0.15) is 0 Å². The van der Waals surface area contributed by atoms with Crippen LogP contribution in [0.2, 0.25) is 0 Å². The topological polar surface area (TPSA) is 91.3 Å². The second-order valence-corrected chi connectivity index (χ2v) is 13.3. The van der Waals surface area contributed by atoms with E-state index in [0.717, 1.165) is 51.4 Å². The fraction of sp³-hybridized carbons (Fsp3) is 0.844. The summed E-state index contributed by atoms with van der Waals surface area (Å²) < 4.78 is 34.4. The van der Waals surface area contributed by atoms with Gasteiger partial charge in [-0.05, 0) is 38.5 Å². The molecular weight excluding hydrogens is 541 g/mol. The van der Waals surface area contributed by atoms with Gasteiger partial charge >= 0.3 is 13.8 Å². The number of ether oxygens (including phenoxy) is 2. The van der Waals surface area contributed by atoms with E-state index in [-0.39, 0.29) is 25.8 Å². The van der Waals surface area contributed by atoms with Crippen LogP contribution in [-0.4, -0.2) is 75.6 Å². The summed E-state index contributed by atoms with van der Waals surface area (Å²) >= 11 is 0. The molecule has 0 amide bonds. The molecule has 0 aromatic heterocycles. The van der Waals surface area contributed by atoms with Crippen LogP contribution in [0.1, 0.15) is 117 Å². The number of unbranched alkanes of at least 4 members (excludes halogenated alkanes) is 11. The Morgan fingerprint density at radius 1 is 0.756 bits per heavy atom. The Labute approximate surface area is 252 Å². The van der Waals surface area contributed by atoms with Crippen molar-refractivity contribution >= 4 is 13.8 Å². The predicted molar refractivity (Wildman–Crippen MR) is 169 cm³/mol. The second kappa shape index (κ2) is 26.6. The highest BCUT2D eigenvalue weighted by atomic mass is 31.2. The molecule has 0 aromatic carbocycles. The quantitative estimate of drug-likeness (QED) is 0.0303. The first-order valence-corrected chi connectivity index (χ1v) is 17.6. The summed E-state index contributed by atoms with van der Waals surface area (Å²) in [6.07, 6.45) is 25.4. The van der Waals surface area contributed by atoms with Gasteiger partial charge in [0.05, 0.1) is 34.4 Å². The Balaban J connectivity index is 4.20. The van der Waals surface area contributed by atoms with E-state index >= 15 is 0 Å². The van der Waals surface area contributed by atoms with Crippen LogP contribution < -0.4 is 0 Å². The number of carbonyl (C=O) groups excluding carboxylic acids is 1. The molecule has 8 nitrogen and oxygen atoms in total. The number of phosphoric ester groups is 1. The monoisotopic (exact) mass is 604 g/mol. The maximum absolute atomic E-state index is 12.3. The molecule has 242 valence electrons. The standard InChI is InChI=1S/C32H62NO7P/c1-6-8-10-12-13-14-15-16-17-18-19-20-21-22-24-27-37-29-31(40-32(34)25-23-11-9-7-2)30-39-41(35,36)38-28-26-33(3,4)5/h12-13,15-16,31H,6-11,14,17-30H2,1-5H3/p+1/b13-12-,16-15-. The molecule has 0 bridgehead atoms.